The predicted molar refractivity (Wildman–Crippen MR) is 56.3 cm³/mol. The van der Waals surface area contributed by atoms with Crippen LogP contribution in [0.1, 0.15) is 12.8 Å². The van der Waals surface area contributed by atoms with Gasteiger partial charge in [-0.2, -0.15) is 0 Å². The second-order valence-corrected chi connectivity index (χ2v) is 4.07. The molecule has 0 aliphatic heterocycles. The summed E-state index contributed by atoms with van der Waals surface area (Å²) in [7, 11) is 0. The lowest BCUT2D eigenvalue weighted by molar-refractivity contribution is 0.266. The molecule has 0 aromatic carbocycles. The first-order valence-corrected chi connectivity index (χ1v) is 4.83. The molecule has 1 aliphatic carbocycles. The van der Waals surface area contributed by atoms with Crippen LogP contribution in [0.2, 0.25) is 5.02 Å². The molecular weight excluding hydrogens is 202 g/mol. The summed E-state index contributed by atoms with van der Waals surface area (Å²) in [4.78, 5) is 4.07. The summed E-state index contributed by atoms with van der Waals surface area (Å²) in [5.41, 5.74) is 5.85. The molecule has 0 atom stereocenters. The number of nitrogens with one attached hydrogen (secondary N) is 1. The quantitative estimate of drug-likeness (QED) is 0.707. The molecule has 0 saturated heterocycles. The highest BCUT2D eigenvalue weighted by atomic mass is 35.5. The van der Waals surface area contributed by atoms with E-state index >= 15 is 0 Å². The Morgan fingerprint density at radius 2 is 2.36 bits per heavy atom. The highest BCUT2D eigenvalue weighted by molar-refractivity contribution is 6.33. The van der Waals surface area contributed by atoms with Gasteiger partial charge in [-0.3, -0.25) is 0 Å². The van der Waals surface area contributed by atoms with Crippen molar-refractivity contribution >= 4 is 23.1 Å². The van der Waals surface area contributed by atoms with E-state index in [-0.39, 0.29) is 12.1 Å². The molecule has 0 unspecified atom stereocenters. The minimum Gasteiger partial charge on any atom is -0.397 e. The number of nitrogens with two attached hydrogens (primary N) is 1. The Labute approximate surface area is 87.1 Å². The van der Waals surface area contributed by atoms with Gasteiger partial charge in [0.25, 0.3) is 0 Å². The molecule has 5 heteroatoms. The minimum atomic E-state index is -0.202. The Kier molecular flexibility index (Phi) is 2.25. The van der Waals surface area contributed by atoms with E-state index in [0.29, 0.717) is 16.5 Å². The molecule has 0 radical (unpaired) electrons. The molecule has 14 heavy (non-hydrogen) atoms. The number of pyridine rings is 1. The number of rotatable bonds is 3. The van der Waals surface area contributed by atoms with Gasteiger partial charge in [-0.1, -0.05) is 11.6 Å². The molecule has 1 saturated carbocycles. The van der Waals surface area contributed by atoms with Gasteiger partial charge in [-0.25, -0.2) is 4.98 Å². The summed E-state index contributed by atoms with van der Waals surface area (Å²) < 4.78 is 0. The van der Waals surface area contributed by atoms with E-state index < -0.39 is 0 Å². The second-order valence-electron chi connectivity index (χ2n) is 3.66. The summed E-state index contributed by atoms with van der Waals surface area (Å²) in [6, 6.07) is 1.64. The number of halogens is 1. The van der Waals surface area contributed by atoms with E-state index in [0.717, 1.165) is 12.8 Å². The van der Waals surface area contributed by atoms with E-state index in [2.05, 4.69) is 10.3 Å². The van der Waals surface area contributed by atoms with Gasteiger partial charge in [0, 0.05) is 0 Å². The first-order chi connectivity index (χ1) is 6.65. The Morgan fingerprint density at radius 3 is 2.86 bits per heavy atom. The Hall–Kier alpha value is -1.00. The third kappa shape index (κ3) is 1.76. The summed E-state index contributed by atoms with van der Waals surface area (Å²) in [5, 5.41) is 12.7. The van der Waals surface area contributed by atoms with Crippen LogP contribution in [0.5, 0.6) is 0 Å². The third-order valence-electron chi connectivity index (χ3n) is 2.40. The molecule has 1 heterocycles. The monoisotopic (exact) mass is 213 g/mol. The molecule has 76 valence electrons. The number of nitrogens with zero attached hydrogens (tertiary/aromatic N) is 1. The highest BCUT2D eigenvalue weighted by Gasteiger charge is 2.42. The van der Waals surface area contributed by atoms with Crippen LogP contribution in [-0.2, 0) is 0 Å². The van der Waals surface area contributed by atoms with Crippen molar-refractivity contribution in [3.63, 3.8) is 0 Å². The van der Waals surface area contributed by atoms with Gasteiger partial charge in [0.15, 0.2) is 0 Å². The molecule has 1 fully saturated rings. The number of nitrogen functional groups attached to an aromatic ring is 1. The fourth-order valence-corrected chi connectivity index (χ4v) is 1.49. The van der Waals surface area contributed by atoms with Gasteiger partial charge in [0.2, 0.25) is 0 Å². The topological polar surface area (TPSA) is 71.2 Å². The van der Waals surface area contributed by atoms with Crippen molar-refractivity contribution in [3.8, 4) is 0 Å². The van der Waals surface area contributed by atoms with Gasteiger partial charge in [-0.05, 0) is 18.9 Å². The smallest absolute Gasteiger partial charge is 0.145 e. The fraction of sp³-hybridized carbons (Fsp3) is 0.444. The van der Waals surface area contributed by atoms with Crippen molar-refractivity contribution in [1.29, 1.82) is 0 Å². The number of aliphatic hydroxyl groups is 1. The Bertz CT molecular complexity index is 352. The van der Waals surface area contributed by atoms with Crippen LogP contribution in [0.25, 0.3) is 0 Å². The van der Waals surface area contributed by atoms with Gasteiger partial charge in [-0.15, -0.1) is 0 Å². The average molecular weight is 214 g/mol. The lowest BCUT2D eigenvalue weighted by Gasteiger charge is -2.15. The SMILES string of the molecule is Nc1cnc(NC2(CO)CC2)c(Cl)c1. The summed E-state index contributed by atoms with van der Waals surface area (Å²) in [5.74, 6) is 0.590. The van der Waals surface area contributed by atoms with Crippen LogP contribution < -0.4 is 11.1 Å². The maximum atomic E-state index is 9.11. The third-order valence-corrected chi connectivity index (χ3v) is 2.69. The molecule has 2 rings (SSSR count). The van der Waals surface area contributed by atoms with Gasteiger partial charge >= 0.3 is 0 Å². The summed E-state index contributed by atoms with van der Waals surface area (Å²) in [6.07, 6.45) is 3.44. The minimum absolute atomic E-state index is 0.107. The van der Waals surface area contributed by atoms with Crippen LogP contribution in [0.3, 0.4) is 0 Å². The van der Waals surface area contributed by atoms with Crippen LogP contribution in [0.15, 0.2) is 12.3 Å². The van der Waals surface area contributed by atoms with E-state index in [1.54, 1.807) is 12.3 Å². The molecule has 1 aromatic rings. The number of aromatic nitrogens is 1. The second kappa shape index (κ2) is 3.29. The van der Waals surface area contributed by atoms with Crippen molar-refractivity contribution in [1.82, 2.24) is 4.98 Å². The zero-order chi connectivity index (χ0) is 10.2. The fourth-order valence-electron chi connectivity index (χ4n) is 1.27. The van der Waals surface area contributed by atoms with Crippen molar-refractivity contribution in [3.05, 3.63) is 17.3 Å². The van der Waals surface area contributed by atoms with Crippen molar-refractivity contribution in [2.75, 3.05) is 17.7 Å². The van der Waals surface area contributed by atoms with E-state index in [1.165, 1.54) is 0 Å². The lowest BCUT2D eigenvalue weighted by Crippen LogP contribution is -2.26. The number of hydrogen-bond donors (Lipinski definition) is 3. The Balaban J connectivity index is 2.17. The van der Waals surface area contributed by atoms with Crippen LogP contribution >= 0.6 is 11.6 Å². The Morgan fingerprint density at radius 1 is 1.64 bits per heavy atom. The summed E-state index contributed by atoms with van der Waals surface area (Å²) in [6.45, 7) is 0.107. The van der Waals surface area contributed by atoms with Crippen LogP contribution in [0.4, 0.5) is 11.5 Å². The molecule has 0 bridgehead atoms. The van der Waals surface area contributed by atoms with E-state index in [9.17, 15) is 0 Å². The molecular formula is C9H12ClN3O. The molecule has 0 amide bonds. The van der Waals surface area contributed by atoms with E-state index in [1.807, 2.05) is 0 Å². The number of anilines is 2. The van der Waals surface area contributed by atoms with Gasteiger partial charge in [0.1, 0.15) is 5.82 Å². The predicted octanol–water partition coefficient (Wildman–Crippen LogP) is 1.25. The maximum Gasteiger partial charge on any atom is 0.145 e. The van der Waals surface area contributed by atoms with Crippen molar-refractivity contribution in [2.24, 2.45) is 0 Å². The lowest BCUT2D eigenvalue weighted by atomic mass is 10.3. The van der Waals surface area contributed by atoms with Gasteiger partial charge in [0.05, 0.1) is 29.1 Å². The summed E-state index contributed by atoms with van der Waals surface area (Å²) >= 11 is 5.93. The standard InChI is InChI=1S/C9H12ClN3O/c10-7-3-6(11)4-12-8(7)13-9(5-14)1-2-9/h3-4,14H,1-2,5,11H2,(H,12,13). The molecule has 0 spiro atoms. The first-order valence-electron chi connectivity index (χ1n) is 4.45. The molecule has 1 aromatic heterocycles. The zero-order valence-electron chi connectivity index (χ0n) is 7.63. The largest absolute Gasteiger partial charge is 0.397 e. The maximum absolute atomic E-state index is 9.11. The average Bonchev–Trinajstić information content (AvgIpc) is 2.91. The van der Waals surface area contributed by atoms with Gasteiger partial charge < -0.3 is 16.2 Å². The number of aliphatic hydroxyl groups excluding tert-OH is 1. The number of hydrogen-bond acceptors (Lipinski definition) is 4. The highest BCUT2D eigenvalue weighted by Crippen LogP contribution is 2.39. The van der Waals surface area contributed by atoms with Crippen molar-refractivity contribution < 1.29 is 5.11 Å². The van der Waals surface area contributed by atoms with E-state index in [4.69, 9.17) is 22.4 Å². The van der Waals surface area contributed by atoms with Crippen LogP contribution in [-0.4, -0.2) is 22.2 Å². The normalized spacial score (nSPS) is 17.9. The zero-order valence-corrected chi connectivity index (χ0v) is 8.38. The molecule has 4 N–H and O–H groups in total. The molecule has 4 nitrogen and oxygen atoms in total. The molecule has 1 aliphatic rings. The first kappa shape index (κ1) is 9.55. The van der Waals surface area contributed by atoms with Crippen molar-refractivity contribution in [2.45, 2.75) is 18.4 Å². The van der Waals surface area contributed by atoms with Crippen LogP contribution in [0, 0.1) is 0 Å².